The van der Waals surface area contributed by atoms with Crippen LogP contribution in [0.3, 0.4) is 0 Å². The Hall–Kier alpha value is -1.42. The van der Waals surface area contributed by atoms with Gasteiger partial charge < -0.3 is 21.5 Å². The lowest BCUT2D eigenvalue weighted by Gasteiger charge is -2.24. The Morgan fingerprint density at radius 1 is 1.18 bits per heavy atom. The molecule has 0 bridgehead atoms. The molecule has 1 fully saturated rings. The van der Waals surface area contributed by atoms with Gasteiger partial charge in [0.1, 0.15) is 0 Å². The maximum atomic E-state index is 10.0. The molecule has 1 aromatic carbocycles. The number of hydrogen-bond acceptors (Lipinski definition) is 4. The first-order chi connectivity index (χ1) is 7.98. The third-order valence-electron chi connectivity index (χ3n) is 3.50. The molecule has 1 heterocycles. The largest absolute Gasteiger partial charge is 0.397 e. The van der Waals surface area contributed by atoms with E-state index in [1.54, 1.807) is 0 Å². The number of nitrogens with zero attached hydrogens (tertiary/aromatic N) is 1. The van der Waals surface area contributed by atoms with Gasteiger partial charge in [-0.3, -0.25) is 0 Å². The molecule has 1 aliphatic heterocycles. The van der Waals surface area contributed by atoms with Crippen molar-refractivity contribution in [1.29, 1.82) is 0 Å². The molecule has 94 valence electrons. The van der Waals surface area contributed by atoms with Crippen LogP contribution in [0, 0.1) is 0 Å². The van der Waals surface area contributed by atoms with Crippen molar-refractivity contribution < 1.29 is 5.11 Å². The minimum Gasteiger partial charge on any atom is -0.397 e. The standard InChI is InChI=1S/C13H21N3O/c1-13(17)5-2-7-16(8-6-13)10-3-4-11(14)12(15)9-10/h3-4,9,17H,2,5-8,14-15H2,1H3. The molecule has 0 saturated carbocycles. The molecule has 4 heteroatoms. The van der Waals surface area contributed by atoms with E-state index < -0.39 is 5.60 Å². The first-order valence-corrected chi connectivity index (χ1v) is 6.10. The lowest BCUT2D eigenvalue weighted by Crippen LogP contribution is -2.28. The minimum absolute atomic E-state index is 0.534. The van der Waals surface area contributed by atoms with E-state index in [1.807, 2.05) is 25.1 Å². The first-order valence-electron chi connectivity index (χ1n) is 6.10. The Labute approximate surface area is 102 Å². The molecule has 0 aromatic heterocycles. The highest BCUT2D eigenvalue weighted by Crippen LogP contribution is 2.28. The molecule has 0 amide bonds. The van der Waals surface area contributed by atoms with Crippen LogP contribution in [0.4, 0.5) is 17.1 Å². The van der Waals surface area contributed by atoms with Crippen molar-refractivity contribution in [3.05, 3.63) is 18.2 Å². The monoisotopic (exact) mass is 235 g/mol. The summed E-state index contributed by atoms with van der Waals surface area (Å²) >= 11 is 0. The lowest BCUT2D eigenvalue weighted by atomic mass is 9.98. The van der Waals surface area contributed by atoms with Crippen molar-refractivity contribution in [2.45, 2.75) is 31.8 Å². The molecule has 1 atom stereocenters. The molecule has 0 radical (unpaired) electrons. The second-order valence-electron chi connectivity index (χ2n) is 5.15. The van der Waals surface area contributed by atoms with Gasteiger partial charge in [-0.15, -0.1) is 0 Å². The summed E-state index contributed by atoms with van der Waals surface area (Å²) in [5.74, 6) is 0. The zero-order chi connectivity index (χ0) is 12.5. The van der Waals surface area contributed by atoms with Crippen LogP contribution in [0.15, 0.2) is 18.2 Å². The van der Waals surface area contributed by atoms with E-state index in [9.17, 15) is 5.11 Å². The fraction of sp³-hybridized carbons (Fsp3) is 0.538. The van der Waals surface area contributed by atoms with E-state index in [2.05, 4.69) is 4.90 Å². The topological polar surface area (TPSA) is 75.5 Å². The van der Waals surface area contributed by atoms with Crippen molar-refractivity contribution >= 4 is 17.1 Å². The maximum Gasteiger partial charge on any atom is 0.0637 e. The molecular weight excluding hydrogens is 214 g/mol. The van der Waals surface area contributed by atoms with E-state index in [-0.39, 0.29) is 0 Å². The average molecular weight is 235 g/mol. The van der Waals surface area contributed by atoms with Gasteiger partial charge in [-0.1, -0.05) is 0 Å². The number of nitrogens with two attached hydrogens (primary N) is 2. The van der Waals surface area contributed by atoms with Crippen LogP contribution in [-0.4, -0.2) is 23.8 Å². The highest BCUT2D eigenvalue weighted by Gasteiger charge is 2.25. The predicted molar refractivity (Wildman–Crippen MR) is 72.0 cm³/mol. The van der Waals surface area contributed by atoms with Gasteiger partial charge in [-0.25, -0.2) is 0 Å². The maximum absolute atomic E-state index is 10.0. The third kappa shape index (κ3) is 2.82. The van der Waals surface area contributed by atoms with Gasteiger partial charge in [-0.05, 0) is 44.4 Å². The molecule has 1 saturated heterocycles. The second kappa shape index (κ2) is 4.45. The molecular formula is C13H21N3O. The third-order valence-corrected chi connectivity index (χ3v) is 3.50. The fourth-order valence-electron chi connectivity index (χ4n) is 2.28. The Kier molecular flexibility index (Phi) is 3.15. The van der Waals surface area contributed by atoms with Gasteiger partial charge in [0.2, 0.25) is 0 Å². The van der Waals surface area contributed by atoms with Crippen LogP contribution in [-0.2, 0) is 0 Å². The zero-order valence-electron chi connectivity index (χ0n) is 10.3. The molecule has 1 unspecified atom stereocenters. The van der Waals surface area contributed by atoms with Crippen LogP contribution in [0.2, 0.25) is 0 Å². The number of benzene rings is 1. The summed E-state index contributed by atoms with van der Waals surface area (Å²) in [5, 5.41) is 10.0. The number of anilines is 3. The van der Waals surface area contributed by atoms with E-state index >= 15 is 0 Å². The van der Waals surface area contributed by atoms with E-state index in [0.29, 0.717) is 11.4 Å². The van der Waals surface area contributed by atoms with Crippen molar-refractivity contribution in [1.82, 2.24) is 0 Å². The van der Waals surface area contributed by atoms with Crippen LogP contribution >= 0.6 is 0 Å². The van der Waals surface area contributed by atoms with Gasteiger partial charge in [0, 0.05) is 18.8 Å². The summed E-state index contributed by atoms with van der Waals surface area (Å²) in [6, 6.07) is 5.74. The van der Waals surface area contributed by atoms with Gasteiger partial charge in [0.25, 0.3) is 0 Å². The van der Waals surface area contributed by atoms with Gasteiger partial charge in [-0.2, -0.15) is 0 Å². The van der Waals surface area contributed by atoms with Crippen LogP contribution in [0.25, 0.3) is 0 Å². The summed E-state index contributed by atoms with van der Waals surface area (Å²) in [6.45, 7) is 3.73. The molecule has 0 aliphatic carbocycles. The average Bonchev–Trinajstić information content (AvgIpc) is 2.44. The fourth-order valence-corrected chi connectivity index (χ4v) is 2.28. The van der Waals surface area contributed by atoms with Crippen LogP contribution in [0.5, 0.6) is 0 Å². The molecule has 17 heavy (non-hydrogen) atoms. The predicted octanol–water partition coefficient (Wildman–Crippen LogP) is 1.59. The summed E-state index contributed by atoms with van der Waals surface area (Å²) in [5.41, 5.74) is 13.3. The summed E-state index contributed by atoms with van der Waals surface area (Å²) in [6.07, 6.45) is 2.64. The number of nitrogen functional groups attached to an aromatic ring is 2. The number of rotatable bonds is 1. The van der Waals surface area contributed by atoms with E-state index in [4.69, 9.17) is 11.5 Å². The molecule has 0 spiro atoms. The van der Waals surface area contributed by atoms with Crippen molar-refractivity contribution in [2.24, 2.45) is 0 Å². The van der Waals surface area contributed by atoms with Crippen molar-refractivity contribution in [2.75, 3.05) is 29.5 Å². The molecule has 4 nitrogen and oxygen atoms in total. The van der Waals surface area contributed by atoms with Crippen molar-refractivity contribution in [3.8, 4) is 0 Å². The molecule has 1 aromatic rings. The normalized spacial score (nSPS) is 25.6. The summed E-state index contributed by atoms with van der Waals surface area (Å²) in [7, 11) is 0. The molecule has 2 rings (SSSR count). The van der Waals surface area contributed by atoms with Gasteiger partial charge >= 0.3 is 0 Å². The van der Waals surface area contributed by atoms with Gasteiger partial charge in [0.15, 0.2) is 0 Å². The van der Waals surface area contributed by atoms with E-state index in [1.165, 1.54) is 0 Å². The summed E-state index contributed by atoms with van der Waals surface area (Å²) in [4.78, 5) is 2.26. The van der Waals surface area contributed by atoms with Crippen LogP contribution in [0.1, 0.15) is 26.2 Å². The second-order valence-corrected chi connectivity index (χ2v) is 5.15. The smallest absolute Gasteiger partial charge is 0.0637 e. The Balaban J connectivity index is 2.14. The Morgan fingerprint density at radius 3 is 2.65 bits per heavy atom. The van der Waals surface area contributed by atoms with Crippen molar-refractivity contribution in [3.63, 3.8) is 0 Å². The highest BCUT2D eigenvalue weighted by atomic mass is 16.3. The lowest BCUT2D eigenvalue weighted by molar-refractivity contribution is 0.0481. The molecule has 1 aliphatic rings. The Morgan fingerprint density at radius 2 is 1.94 bits per heavy atom. The van der Waals surface area contributed by atoms with Gasteiger partial charge in [0.05, 0.1) is 17.0 Å². The minimum atomic E-state index is -0.534. The first kappa shape index (κ1) is 12.0. The number of aliphatic hydroxyl groups is 1. The highest BCUT2D eigenvalue weighted by molar-refractivity contribution is 5.69. The van der Waals surface area contributed by atoms with E-state index in [0.717, 1.165) is 38.0 Å². The zero-order valence-corrected chi connectivity index (χ0v) is 10.3. The molecule has 5 N–H and O–H groups in total. The quantitative estimate of drug-likeness (QED) is 0.646. The number of hydrogen-bond donors (Lipinski definition) is 3. The van der Waals surface area contributed by atoms with Crippen LogP contribution < -0.4 is 16.4 Å². The summed E-state index contributed by atoms with van der Waals surface area (Å²) < 4.78 is 0. The Bertz CT molecular complexity index is 404. The SMILES string of the molecule is CC1(O)CCCN(c2ccc(N)c(N)c2)CC1.